The van der Waals surface area contributed by atoms with Crippen molar-refractivity contribution >= 4 is 41.2 Å². The standard InChI is InChI=1S/C22H27Cl2N3O5/c1-31-21(29)11-16-5-6-25(12-16)13-17-14-26(22(30)32-2)7-8-27(17)20(28)10-15-3-4-18(23)19(24)9-15/h3-4,9,11,17H,5-8,10,12-14H2,1-2H3/b16-11+. The molecule has 0 bridgehead atoms. The molecule has 0 radical (unpaired) electrons. The molecule has 10 heteroatoms. The Morgan fingerprint density at radius 2 is 1.88 bits per heavy atom. The molecule has 0 N–H and O–H groups in total. The van der Waals surface area contributed by atoms with Crippen LogP contribution >= 0.6 is 23.2 Å². The van der Waals surface area contributed by atoms with Crippen molar-refractivity contribution in [3.63, 3.8) is 0 Å². The smallest absolute Gasteiger partial charge is 0.409 e. The highest BCUT2D eigenvalue weighted by Crippen LogP contribution is 2.24. The Kier molecular flexibility index (Phi) is 8.39. The van der Waals surface area contributed by atoms with E-state index in [1.807, 2.05) is 4.90 Å². The monoisotopic (exact) mass is 483 g/mol. The highest BCUT2D eigenvalue weighted by Gasteiger charge is 2.35. The number of esters is 1. The first kappa shape index (κ1) is 24.4. The van der Waals surface area contributed by atoms with Gasteiger partial charge in [-0.25, -0.2) is 9.59 Å². The van der Waals surface area contributed by atoms with E-state index in [0.717, 1.165) is 24.1 Å². The van der Waals surface area contributed by atoms with Gasteiger partial charge in [0.1, 0.15) is 0 Å². The maximum Gasteiger partial charge on any atom is 0.409 e. The van der Waals surface area contributed by atoms with Crippen molar-refractivity contribution in [3.8, 4) is 0 Å². The molecule has 2 saturated heterocycles. The second-order valence-corrected chi connectivity index (χ2v) is 8.71. The second-order valence-electron chi connectivity index (χ2n) is 7.89. The van der Waals surface area contributed by atoms with Crippen LogP contribution in [0.2, 0.25) is 10.0 Å². The summed E-state index contributed by atoms with van der Waals surface area (Å²) in [6.07, 6.45) is 2.08. The lowest BCUT2D eigenvalue weighted by atomic mass is 10.1. The summed E-state index contributed by atoms with van der Waals surface area (Å²) < 4.78 is 9.59. The van der Waals surface area contributed by atoms with Crippen LogP contribution in [-0.2, 0) is 25.5 Å². The van der Waals surface area contributed by atoms with Gasteiger partial charge in [-0.2, -0.15) is 0 Å². The molecule has 32 heavy (non-hydrogen) atoms. The predicted octanol–water partition coefficient (Wildman–Crippen LogP) is 2.62. The number of nitrogens with zero attached hydrogens (tertiary/aromatic N) is 3. The Morgan fingerprint density at radius 3 is 2.56 bits per heavy atom. The van der Waals surface area contributed by atoms with Crippen LogP contribution in [-0.4, -0.2) is 92.2 Å². The molecule has 2 heterocycles. The zero-order valence-electron chi connectivity index (χ0n) is 18.2. The third kappa shape index (κ3) is 6.15. The van der Waals surface area contributed by atoms with E-state index in [-0.39, 0.29) is 24.3 Å². The van der Waals surface area contributed by atoms with Crippen molar-refractivity contribution in [2.45, 2.75) is 18.9 Å². The van der Waals surface area contributed by atoms with Crippen LogP contribution < -0.4 is 0 Å². The maximum absolute atomic E-state index is 13.2. The molecule has 0 spiro atoms. The average molecular weight is 484 g/mol. The number of ether oxygens (including phenoxy) is 2. The van der Waals surface area contributed by atoms with Crippen LogP contribution in [0.15, 0.2) is 29.8 Å². The van der Waals surface area contributed by atoms with Gasteiger partial charge in [0.15, 0.2) is 0 Å². The van der Waals surface area contributed by atoms with Crippen LogP contribution in [0.5, 0.6) is 0 Å². The SMILES string of the molecule is COC(=O)/C=C1\CCN(CC2CN(C(=O)OC)CCN2C(=O)Cc2ccc(Cl)c(Cl)c2)C1. The molecule has 1 aromatic carbocycles. The van der Waals surface area contributed by atoms with Crippen LogP contribution in [0.4, 0.5) is 4.79 Å². The number of rotatable bonds is 5. The molecule has 2 aliphatic rings. The Labute approximate surface area is 197 Å². The van der Waals surface area contributed by atoms with Gasteiger partial charge in [0, 0.05) is 45.3 Å². The van der Waals surface area contributed by atoms with Gasteiger partial charge >= 0.3 is 12.1 Å². The fourth-order valence-corrected chi connectivity index (χ4v) is 4.43. The third-order valence-electron chi connectivity index (χ3n) is 5.74. The Balaban J connectivity index is 1.71. The van der Waals surface area contributed by atoms with E-state index >= 15 is 0 Å². The first-order valence-electron chi connectivity index (χ1n) is 10.4. The first-order valence-corrected chi connectivity index (χ1v) is 11.1. The summed E-state index contributed by atoms with van der Waals surface area (Å²) in [6, 6.07) is 4.97. The van der Waals surface area contributed by atoms with Crippen molar-refractivity contribution in [1.82, 2.24) is 14.7 Å². The first-order chi connectivity index (χ1) is 15.3. The van der Waals surface area contributed by atoms with Crippen molar-refractivity contribution in [1.29, 1.82) is 0 Å². The number of piperazine rings is 1. The molecular weight excluding hydrogens is 457 g/mol. The van der Waals surface area contributed by atoms with Crippen molar-refractivity contribution in [3.05, 3.63) is 45.5 Å². The number of amides is 2. The summed E-state index contributed by atoms with van der Waals surface area (Å²) >= 11 is 12.1. The topological polar surface area (TPSA) is 79.4 Å². The molecule has 1 unspecified atom stereocenters. The summed E-state index contributed by atoms with van der Waals surface area (Å²) in [5.41, 5.74) is 1.77. The molecule has 2 fully saturated rings. The quantitative estimate of drug-likeness (QED) is 0.473. The number of hydrogen-bond donors (Lipinski definition) is 0. The molecule has 8 nitrogen and oxygen atoms in total. The summed E-state index contributed by atoms with van der Waals surface area (Å²) in [4.78, 5) is 42.4. The molecule has 1 aromatic rings. The van der Waals surface area contributed by atoms with Crippen molar-refractivity contribution in [2.75, 3.05) is 53.5 Å². The highest BCUT2D eigenvalue weighted by molar-refractivity contribution is 6.42. The molecule has 1 atom stereocenters. The summed E-state index contributed by atoms with van der Waals surface area (Å²) in [5.74, 6) is -0.405. The molecule has 2 amide bonds. The number of carbonyl (C=O) groups excluding carboxylic acids is 3. The lowest BCUT2D eigenvalue weighted by Gasteiger charge is -2.42. The number of methoxy groups -OCH3 is 2. The van der Waals surface area contributed by atoms with Crippen LogP contribution in [0.3, 0.4) is 0 Å². The zero-order valence-corrected chi connectivity index (χ0v) is 19.7. The number of benzene rings is 1. The Hall–Kier alpha value is -2.29. The van der Waals surface area contributed by atoms with Gasteiger partial charge in [0.2, 0.25) is 5.91 Å². The van der Waals surface area contributed by atoms with E-state index in [0.29, 0.717) is 42.8 Å². The van der Waals surface area contributed by atoms with Gasteiger partial charge in [0.05, 0.1) is 36.7 Å². The lowest BCUT2D eigenvalue weighted by molar-refractivity contribution is -0.136. The normalized spacial score (nSPS) is 20.5. The van der Waals surface area contributed by atoms with Crippen molar-refractivity contribution < 1.29 is 23.9 Å². The molecular formula is C22H27Cl2N3O5. The molecule has 174 valence electrons. The molecule has 0 aliphatic carbocycles. The minimum atomic E-state index is -0.403. The second kappa shape index (κ2) is 11.0. The Morgan fingerprint density at radius 1 is 1.09 bits per heavy atom. The van der Waals surface area contributed by atoms with Gasteiger partial charge < -0.3 is 19.3 Å². The van der Waals surface area contributed by atoms with Gasteiger partial charge in [0.25, 0.3) is 0 Å². The lowest BCUT2D eigenvalue weighted by Crippen LogP contribution is -2.59. The van der Waals surface area contributed by atoms with E-state index in [4.69, 9.17) is 32.7 Å². The van der Waals surface area contributed by atoms with E-state index in [1.165, 1.54) is 20.3 Å². The van der Waals surface area contributed by atoms with Crippen LogP contribution in [0, 0.1) is 0 Å². The van der Waals surface area contributed by atoms with E-state index < -0.39 is 6.09 Å². The number of likely N-dealkylation sites (tertiary alicyclic amines) is 1. The van der Waals surface area contributed by atoms with E-state index in [1.54, 1.807) is 23.1 Å². The van der Waals surface area contributed by atoms with Gasteiger partial charge in [-0.05, 0) is 29.7 Å². The summed E-state index contributed by atoms with van der Waals surface area (Å²) in [6.45, 7) is 3.18. The third-order valence-corrected chi connectivity index (χ3v) is 6.48. The summed E-state index contributed by atoms with van der Waals surface area (Å²) in [5, 5.41) is 0.850. The van der Waals surface area contributed by atoms with Crippen LogP contribution in [0.25, 0.3) is 0 Å². The predicted molar refractivity (Wildman–Crippen MR) is 121 cm³/mol. The summed E-state index contributed by atoms with van der Waals surface area (Å²) in [7, 11) is 2.70. The van der Waals surface area contributed by atoms with Gasteiger partial charge in [-0.3, -0.25) is 9.69 Å². The zero-order chi connectivity index (χ0) is 23.3. The van der Waals surface area contributed by atoms with Gasteiger partial charge in [-0.15, -0.1) is 0 Å². The minimum absolute atomic E-state index is 0.0394. The van der Waals surface area contributed by atoms with Gasteiger partial charge in [-0.1, -0.05) is 29.3 Å². The number of hydrogen-bond acceptors (Lipinski definition) is 6. The fourth-order valence-electron chi connectivity index (χ4n) is 4.10. The average Bonchev–Trinajstić information content (AvgIpc) is 3.22. The van der Waals surface area contributed by atoms with Crippen molar-refractivity contribution in [2.24, 2.45) is 0 Å². The van der Waals surface area contributed by atoms with Crippen LogP contribution in [0.1, 0.15) is 12.0 Å². The molecule has 3 rings (SSSR count). The minimum Gasteiger partial charge on any atom is -0.466 e. The highest BCUT2D eigenvalue weighted by atomic mass is 35.5. The largest absolute Gasteiger partial charge is 0.466 e. The number of carbonyl (C=O) groups is 3. The Bertz CT molecular complexity index is 908. The molecule has 0 aromatic heterocycles. The molecule has 2 aliphatic heterocycles. The fraction of sp³-hybridized carbons (Fsp3) is 0.500. The molecule has 0 saturated carbocycles. The number of halogens is 2. The maximum atomic E-state index is 13.2. The van der Waals surface area contributed by atoms with E-state index in [9.17, 15) is 14.4 Å². The van der Waals surface area contributed by atoms with E-state index in [2.05, 4.69) is 4.90 Å².